The van der Waals surface area contributed by atoms with Crippen LogP contribution in [0.2, 0.25) is 0 Å². The molecule has 2 aromatic rings. The number of halogens is 1. The van der Waals surface area contributed by atoms with Crippen LogP contribution in [0.3, 0.4) is 0 Å². The first-order valence-corrected chi connectivity index (χ1v) is 9.46. The zero-order valence-electron chi connectivity index (χ0n) is 13.2. The van der Waals surface area contributed by atoms with Crippen LogP contribution in [0.1, 0.15) is 24.1 Å². The Hall–Kier alpha value is -2.06. The average molecular weight is 350 g/mol. The predicted octanol–water partition coefficient (Wildman–Crippen LogP) is 1.84. The van der Waals surface area contributed by atoms with Crippen molar-refractivity contribution in [3.05, 3.63) is 53.6 Å². The molecule has 1 N–H and O–H groups in total. The molecule has 6 nitrogen and oxygen atoms in total. The molecule has 2 heterocycles. The molecule has 128 valence electrons. The summed E-state index contributed by atoms with van der Waals surface area (Å²) < 4.78 is 40.3. The van der Waals surface area contributed by atoms with Crippen LogP contribution in [0.5, 0.6) is 0 Å². The van der Waals surface area contributed by atoms with Crippen LogP contribution in [-0.4, -0.2) is 31.5 Å². The zero-order chi connectivity index (χ0) is 17.0. The fraction of sp³-hybridized carbons (Fsp3) is 0.375. The quantitative estimate of drug-likeness (QED) is 0.860. The van der Waals surface area contributed by atoms with E-state index in [4.69, 9.17) is 0 Å². The lowest BCUT2D eigenvalue weighted by Gasteiger charge is -2.15. The Bertz CT molecular complexity index is 807. The summed E-state index contributed by atoms with van der Waals surface area (Å²) in [5, 5.41) is 0. The van der Waals surface area contributed by atoms with Gasteiger partial charge < -0.3 is 4.90 Å². The van der Waals surface area contributed by atoms with Gasteiger partial charge in [-0.05, 0) is 25.0 Å². The number of hydrogen-bond acceptors (Lipinski definition) is 5. The SMILES string of the molecule is O=S(=O)(Cc1ccccc1F)NCc1ccnc(N2CCCC2)n1. The molecule has 1 aromatic heterocycles. The third kappa shape index (κ3) is 4.27. The minimum Gasteiger partial charge on any atom is -0.341 e. The van der Waals surface area contributed by atoms with Crippen molar-refractivity contribution in [3.63, 3.8) is 0 Å². The van der Waals surface area contributed by atoms with E-state index in [-0.39, 0.29) is 12.1 Å². The van der Waals surface area contributed by atoms with E-state index in [0.717, 1.165) is 25.9 Å². The van der Waals surface area contributed by atoms with Crippen LogP contribution in [0, 0.1) is 5.82 Å². The lowest BCUT2D eigenvalue weighted by Crippen LogP contribution is -2.26. The largest absolute Gasteiger partial charge is 0.341 e. The van der Waals surface area contributed by atoms with Gasteiger partial charge in [0, 0.05) is 24.8 Å². The van der Waals surface area contributed by atoms with Crippen LogP contribution in [0.25, 0.3) is 0 Å². The van der Waals surface area contributed by atoms with Gasteiger partial charge in [-0.2, -0.15) is 0 Å². The van der Waals surface area contributed by atoms with Crippen LogP contribution < -0.4 is 9.62 Å². The Morgan fingerprint density at radius 1 is 1.17 bits per heavy atom. The van der Waals surface area contributed by atoms with Crippen molar-refractivity contribution in [2.75, 3.05) is 18.0 Å². The predicted molar refractivity (Wildman–Crippen MR) is 89.3 cm³/mol. The van der Waals surface area contributed by atoms with Gasteiger partial charge in [0.15, 0.2) is 0 Å². The Kier molecular flexibility index (Phi) is 5.06. The molecule has 1 aromatic carbocycles. The number of anilines is 1. The highest BCUT2D eigenvalue weighted by Crippen LogP contribution is 2.15. The molecule has 0 unspecified atom stereocenters. The van der Waals surface area contributed by atoms with E-state index in [0.29, 0.717) is 11.6 Å². The van der Waals surface area contributed by atoms with Crippen LogP contribution in [-0.2, 0) is 22.3 Å². The number of rotatable bonds is 6. The van der Waals surface area contributed by atoms with E-state index < -0.39 is 21.6 Å². The molecule has 1 aliphatic heterocycles. The van der Waals surface area contributed by atoms with Crippen molar-refractivity contribution in [2.24, 2.45) is 0 Å². The lowest BCUT2D eigenvalue weighted by atomic mass is 10.2. The van der Waals surface area contributed by atoms with Crippen molar-refractivity contribution in [3.8, 4) is 0 Å². The average Bonchev–Trinajstić information content (AvgIpc) is 3.10. The molecule has 1 fully saturated rings. The number of sulfonamides is 1. The minimum absolute atomic E-state index is 0.0557. The van der Waals surface area contributed by atoms with Crippen LogP contribution in [0.15, 0.2) is 36.5 Å². The molecule has 0 atom stereocenters. The Labute approximate surface area is 140 Å². The first kappa shape index (κ1) is 16.8. The van der Waals surface area contributed by atoms with Crippen molar-refractivity contribution in [2.45, 2.75) is 25.1 Å². The highest BCUT2D eigenvalue weighted by Gasteiger charge is 2.17. The molecule has 0 aliphatic carbocycles. The van der Waals surface area contributed by atoms with Crippen molar-refractivity contribution in [1.82, 2.24) is 14.7 Å². The molecule has 0 radical (unpaired) electrons. The van der Waals surface area contributed by atoms with Gasteiger partial charge in [-0.1, -0.05) is 18.2 Å². The maximum absolute atomic E-state index is 13.6. The van der Waals surface area contributed by atoms with E-state index in [1.807, 2.05) is 0 Å². The Morgan fingerprint density at radius 2 is 1.92 bits per heavy atom. The van der Waals surface area contributed by atoms with Gasteiger partial charge in [-0.25, -0.2) is 27.5 Å². The molecule has 0 amide bonds. The molecule has 24 heavy (non-hydrogen) atoms. The third-order valence-electron chi connectivity index (χ3n) is 3.87. The normalized spacial score (nSPS) is 15.0. The Balaban J connectivity index is 1.64. The molecule has 3 rings (SSSR count). The van der Waals surface area contributed by atoms with Gasteiger partial charge in [0.2, 0.25) is 16.0 Å². The van der Waals surface area contributed by atoms with Crippen LogP contribution in [0.4, 0.5) is 10.3 Å². The molecule has 0 spiro atoms. The lowest BCUT2D eigenvalue weighted by molar-refractivity contribution is 0.573. The number of nitrogens with zero attached hydrogens (tertiary/aromatic N) is 3. The fourth-order valence-corrected chi connectivity index (χ4v) is 3.72. The summed E-state index contributed by atoms with van der Waals surface area (Å²) in [6.45, 7) is 1.89. The summed E-state index contributed by atoms with van der Waals surface area (Å²) >= 11 is 0. The molecule has 8 heteroatoms. The topological polar surface area (TPSA) is 75.2 Å². The van der Waals surface area contributed by atoms with Crippen molar-refractivity contribution in [1.29, 1.82) is 0 Å². The van der Waals surface area contributed by atoms with Gasteiger partial charge in [0.05, 0.1) is 18.0 Å². The van der Waals surface area contributed by atoms with Crippen LogP contribution >= 0.6 is 0 Å². The number of nitrogens with one attached hydrogen (secondary N) is 1. The van der Waals surface area contributed by atoms with Gasteiger partial charge in [-0.15, -0.1) is 0 Å². The molecule has 0 saturated carbocycles. The summed E-state index contributed by atoms with van der Waals surface area (Å²) in [6.07, 6.45) is 3.85. The zero-order valence-corrected chi connectivity index (χ0v) is 14.0. The summed E-state index contributed by atoms with van der Waals surface area (Å²) in [5.41, 5.74) is 0.731. The second-order valence-corrected chi connectivity index (χ2v) is 7.52. The fourth-order valence-electron chi connectivity index (χ4n) is 2.61. The molecule has 0 bridgehead atoms. The number of hydrogen-bond donors (Lipinski definition) is 1. The third-order valence-corrected chi connectivity index (χ3v) is 5.14. The summed E-state index contributed by atoms with van der Waals surface area (Å²) in [7, 11) is -3.65. The van der Waals surface area contributed by atoms with Crippen molar-refractivity contribution < 1.29 is 12.8 Å². The monoisotopic (exact) mass is 350 g/mol. The maximum atomic E-state index is 13.6. The minimum atomic E-state index is -3.65. The smallest absolute Gasteiger partial charge is 0.225 e. The van der Waals surface area contributed by atoms with Gasteiger partial charge in [0.1, 0.15) is 5.82 Å². The van der Waals surface area contributed by atoms with Gasteiger partial charge >= 0.3 is 0 Å². The maximum Gasteiger partial charge on any atom is 0.225 e. The van der Waals surface area contributed by atoms with E-state index in [1.165, 1.54) is 18.2 Å². The highest BCUT2D eigenvalue weighted by molar-refractivity contribution is 7.88. The summed E-state index contributed by atoms with van der Waals surface area (Å²) in [5.74, 6) is -0.302. The first-order valence-electron chi connectivity index (χ1n) is 7.81. The second-order valence-electron chi connectivity index (χ2n) is 5.71. The number of benzene rings is 1. The van der Waals surface area contributed by atoms with Gasteiger partial charge in [0.25, 0.3) is 0 Å². The molecular formula is C16H19FN4O2S. The van der Waals surface area contributed by atoms with Gasteiger partial charge in [-0.3, -0.25) is 0 Å². The second kappa shape index (κ2) is 7.23. The first-order chi connectivity index (χ1) is 11.5. The van der Waals surface area contributed by atoms with Crippen molar-refractivity contribution >= 4 is 16.0 Å². The summed E-state index contributed by atoms with van der Waals surface area (Å²) in [6, 6.07) is 7.52. The van der Waals surface area contributed by atoms with E-state index >= 15 is 0 Å². The van der Waals surface area contributed by atoms with E-state index in [9.17, 15) is 12.8 Å². The standard InChI is InChI=1S/C16H19FN4O2S/c17-15-6-2-1-5-13(15)12-24(22,23)19-11-14-7-8-18-16(20-14)21-9-3-4-10-21/h1-2,5-8,19H,3-4,9-12H2. The molecule has 1 aliphatic rings. The molecular weight excluding hydrogens is 331 g/mol. The Morgan fingerprint density at radius 3 is 2.67 bits per heavy atom. The summed E-state index contributed by atoms with van der Waals surface area (Å²) in [4.78, 5) is 10.7. The molecule has 1 saturated heterocycles. The van der Waals surface area contributed by atoms with E-state index in [2.05, 4.69) is 19.6 Å². The van der Waals surface area contributed by atoms with E-state index in [1.54, 1.807) is 18.3 Å². The number of aromatic nitrogens is 2. The highest BCUT2D eigenvalue weighted by atomic mass is 32.2.